The van der Waals surface area contributed by atoms with Gasteiger partial charge in [0.1, 0.15) is 23.5 Å². The number of alkyl carbamates (subject to hydrolysis) is 1. The molecule has 2 aromatic rings. The molecular weight excluding hydrogens is 637 g/mol. The van der Waals surface area contributed by atoms with Gasteiger partial charge in [0, 0.05) is 30.6 Å². The lowest BCUT2D eigenvalue weighted by Gasteiger charge is -2.35. The van der Waals surface area contributed by atoms with Crippen molar-refractivity contribution in [1.82, 2.24) is 20.4 Å². The van der Waals surface area contributed by atoms with Crippen LogP contribution in [0.1, 0.15) is 74.5 Å². The van der Waals surface area contributed by atoms with Crippen LogP contribution in [-0.4, -0.2) is 69.9 Å². The van der Waals surface area contributed by atoms with Crippen molar-refractivity contribution in [1.29, 1.82) is 0 Å². The lowest BCUT2D eigenvalue weighted by atomic mass is 10.0. The van der Waals surface area contributed by atoms with Crippen molar-refractivity contribution in [3.8, 4) is 0 Å². The summed E-state index contributed by atoms with van der Waals surface area (Å²) in [6.45, 7) is 7.24. The third-order valence-corrected chi connectivity index (χ3v) is 7.74. The zero-order valence-electron chi connectivity index (χ0n) is 27.1. The minimum Gasteiger partial charge on any atom is -0.444 e. The Morgan fingerprint density at radius 3 is 2.31 bits per heavy atom. The number of fused-ring (bicyclic) bond motifs is 1. The number of alkyl halides is 2. The molecule has 1 fully saturated rings. The molecule has 0 bridgehead atoms. The third-order valence-electron chi connectivity index (χ3n) is 7.74. The van der Waals surface area contributed by atoms with E-state index in [1.165, 1.54) is 17.0 Å². The fourth-order valence-corrected chi connectivity index (χ4v) is 5.24. The molecule has 2 atom stereocenters. The van der Waals surface area contributed by atoms with Gasteiger partial charge in [0.05, 0.1) is 0 Å². The zero-order chi connectivity index (χ0) is 35.6. The van der Waals surface area contributed by atoms with Gasteiger partial charge >= 0.3 is 18.0 Å². The maximum atomic E-state index is 14.6. The number of likely N-dealkylation sites (tertiary alicyclic amines) is 1. The molecule has 0 saturated carbocycles. The van der Waals surface area contributed by atoms with Gasteiger partial charge in [0.15, 0.2) is 6.73 Å². The number of carbonyl (C=O) groups is 6. The molecule has 15 heteroatoms. The minimum absolute atomic E-state index is 0.0258. The van der Waals surface area contributed by atoms with Gasteiger partial charge in [-0.1, -0.05) is 26.0 Å². The molecule has 2 aromatic carbocycles. The number of piperidine rings is 1. The Morgan fingerprint density at radius 1 is 1.02 bits per heavy atom. The van der Waals surface area contributed by atoms with E-state index in [0.29, 0.717) is 11.1 Å². The molecule has 1 saturated heterocycles. The van der Waals surface area contributed by atoms with Crippen molar-refractivity contribution in [2.75, 3.05) is 6.73 Å². The van der Waals surface area contributed by atoms with Crippen molar-refractivity contribution >= 4 is 35.7 Å². The largest absolute Gasteiger partial charge is 0.444 e. The smallest absolute Gasteiger partial charge is 0.408 e. The number of benzene rings is 2. The van der Waals surface area contributed by atoms with Crippen LogP contribution in [0.3, 0.4) is 0 Å². The highest BCUT2D eigenvalue weighted by Gasteiger charge is 2.44. The summed E-state index contributed by atoms with van der Waals surface area (Å²) in [5, 5.41) is 4.59. The highest BCUT2D eigenvalue weighted by atomic mass is 19.3. The van der Waals surface area contributed by atoms with Crippen LogP contribution in [0.4, 0.5) is 18.0 Å². The van der Waals surface area contributed by atoms with E-state index >= 15 is 0 Å². The predicted molar refractivity (Wildman–Crippen MR) is 162 cm³/mol. The number of hydrogen-bond acceptors (Lipinski definition) is 8. The quantitative estimate of drug-likeness (QED) is 0.286. The molecular formula is C33H37F3N4O8. The van der Waals surface area contributed by atoms with Crippen molar-refractivity contribution in [3.63, 3.8) is 0 Å². The second kappa shape index (κ2) is 14.0. The fourth-order valence-electron chi connectivity index (χ4n) is 5.24. The summed E-state index contributed by atoms with van der Waals surface area (Å²) < 4.78 is 52.8. The number of amides is 5. The van der Waals surface area contributed by atoms with Crippen LogP contribution in [0, 0.1) is 11.7 Å². The van der Waals surface area contributed by atoms with Gasteiger partial charge in [0.25, 0.3) is 17.7 Å². The predicted octanol–water partition coefficient (Wildman–Crippen LogP) is 3.76. The summed E-state index contributed by atoms with van der Waals surface area (Å²) >= 11 is 0. The Hall–Kier alpha value is -4.95. The van der Waals surface area contributed by atoms with Gasteiger partial charge in [-0.05, 0) is 74.6 Å². The van der Waals surface area contributed by atoms with Gasteiger partial charge in [-0.15, -0.1) is 0 Å². The van der Waals surface area contributed by atoms with E-state index in [2.05, 4.69) is 10.6 Å². The Morgan fingerprint density at radius 2 is 1.69 bits per heavy atom. The number of nitrogens with one attached hydrogen (secondary N) is 2. The Bertz CT molecular complexity index is 1610. The molecule has 2 N–H and O–H groups in total. The average Bonchev–Trinajstić information content (AvgIpc) is 3.32. The lowest BCUT2D eigenvalue weighted by molar-refractivity contribution is -0.165. The molecule has 2 aliphatic rings. The number of carbonyl (C=O) groups excluding carboxylic acids is 6. The SMILES string of the molecule is CC(C)C(NC(=O)OC(C)(C)C)C(=O)OCN1C(=O)CCC(N2Cc3cc(CNC(=O)C(F)(F)c4ccc(F)cc4)ccc3C2=O)C1=O. The highest BCUT2D eigenvalue weighted by molar-refractivity contribution is 6.05. The molecule has 0 aromatic heterocycles. The second-order valence-corrected chi connectivity index (χ2v) is 12.9. The molecule has 2 heterocycles. The summed E-state index contributed by atoms with van der Waals surface area (Å²) in [5.74, 6) is -9.39. The topological polar surface area (TPSA) is 151 Å². The summed E-state index contributed by atoms with van der Waals surface area (Å²) in [4.78, 5) is 78.8. The molecule has 48 heavy (non-hydrogen) atoms. The molecule has 4 rings (SSSR count). The fraction of sp³-hybridized carbons (Fsp3) is 0.455. The van der Waals surface area contributed by atoms with Crippen molar-refractivity contribution < 1.29 is 51.4 Å². The van der Waals surface area contributed by atoms with E-state index in [9.17, 15) is 41.9 Å². The van der Waals surface area contributed by atoms with Gasteiger partial charge in [-0.2, -0.15) is 8.78 Å². The summed E-state index contributed by atoms with van der Waals surface area (Å²) in [6, 6.07) is 5.59. The van der Waals surface area contributed by atoms with E-state index in [4.69, 9.17) is 9.47 Å². The molecule has 2 aliphatic heterocycles. The Labute approximate surface area is 274 Å². The van der Waals surface area contributed by atoms with Gasteiger partial charge in [0.2, 0.25) is 5.91 Å². The van der Waals surface area contributed by atoms with Crippen LogP contribution in [0.15, 0.2) is 42.5 Å². The van der Waals surface area contributed by atoms with Gasteiger partial charge in [-0.25, -0.2) is 18.9 Å². The summed E-state index contributed by atoms with van der Waals surface area (Å²) in [6.07, 6.45) is -0.931. The summed E-state index contributed by atoms with van der Waals surface area (Å²) in [7, 11) is 0. The van der Waals surface area contributed by atoms with Gasteiger partial charge < -0.3 is 25.0 Å². The van der Waals surface area contributed by atoms with Crippen molar-refractivity contribution in [2.45, 2.75) is 84.2 Å². The Kier molecular flexibility index (Phi) is 10.5. The average molecular weight is 675 g/mol. The summed E-state index contributed by atoms with van der Waals surface area (Å²) in [5.41, 5.74) is -0.339. The van der Waals surface area contributed by atoms with Crippen LogP contribution in [0.5, 0.6) is 0 Å². The number of ether oxygens (including phenoxy) is 2. The van der Waals surface area contributed by atoms with E-state index in [0.717, 1.165) is 29.2 Å². The first kappa shape index (κ1) is 35.9. The molecule has 12 nitrogen and oxygen atoms in total. The van der Waals surface area contributed by atoms with E-state index in [1.807, 2.05) is 0 Å². The van der Waals surface area contributed by atoms with Crippen LogP contribution in [0.25, 0.3) is 0 Å². The second-order valence-electron chi connectivity index (χ2n) is 12.9. The number of esters is 1. The minimum atomic E-state index is -3.92. The normalized spacial score (nSPS) is 17.3. The standard InChI is InChI=1S/C33H37F3N4O8/c1-18(2)26(38-31(46)48-32(3,4)5)29(44)47-17-40-25(41)13-12-24(28(40)43)39-16-20-14-19(6-11-23(20)27(39)42)15-37-30(45)33(35,36)21-7-9-22(34)10-8-21/h6-11,14,18,24,26H,12-13,15-17H2,1-5H3,(H,37,45)(H,38,46). The number of rotatable bonds is 10. The first-order valence-electron chi connectivity index (χ1n) is 15.2. The van der Waals surface area contributed by atoms with Crippen molar-refractivity contribution in [3.05, 3.63) is 70.5 Å². The Balaban J connectivity index is 1.38. The van der Waals surface area contributed by atoms with Crippen LogP contribution in [0.2, 0.25) is 0 Å². The molecule has 0 aliphatic carbocycles. The number of nitrogens with zero attached hydrogens (tertiary/aromatic N) is 2. The molecule has 258 valence electrons. The lowest BCUT2D eigenvalue weighted by Crippen LogP contribution is -2.56. The van der Waals surface area contributed by atoms with E-state index in [1.54, 1.807) is 40.7 Å². The third kappa shape index (κ3) is 8.12. The van der Waals surface area contributed by atoms with E-state index in [-0.39, 0.29) is 31.5 Å². The van der Waals surface area contributed by atoms with Crippen LogP contribution < -0.4 is 10.6 Å². The van der Waals surface area contributed by atoms with Gasteiger partial charge in [-0.3, -0.25) is 19.2 Å². The first-order valence-corrected chi connectivity index (χ1v) is 15.2. The number of halogens is 3. The number of hydrogen-bond donors (Lipinski definition) is 2. The molecule has 0 radical (unpaired) electrons. The maximum Gasteiger partial charge on any atom is 0.408 e. The van der Waals surface area contributed by atoms with Crippen LogP contribution in [-0.2, 0) is 47.7 Å². The molecule has 2 unspecified atom stereocenters. The van der Waals surface area contributed by atoms with E-state index < -0.39 is 83.3 Å². The first-order chi connectivity index (χ1) is 22.4. The molecule has 0 spiro atoms. The highest BCUT2D eigenvalue weighted by Crippen LogP contribution is 2.31. The zero-order valence-corrected chi connectivity index (χ0v) is 27.1. The molecule has 5 amide bonds. The van der Waals surface area contributed by atoms with Crippen molar-refractivity contribution in [2.24, 2.45) is 5.92 Å². The monoisotopic (exact) mass is 674 g/mol. The maximum absolute atomic E-state index is 14.6. The van der Waals surface area contributed by atoms with Crippen LogP contribution >= 0.6 is 0 Å². The number of imide groups is 1.